The van der Waals surface area contributed by atoms with Crippen molar-refractivity contribution < 1.29 is 8.42 Å². The van der Waals surface area contributed by atoms with Gasteiger partial charge in [-0.1, -0.05) is 24.3 Å². The lowest BCUT2D eigenvalue weighted by molar-refractivity contribution is 0.139. The van der Waals surface area contributed by atoms with Crippen LogP contribution >= 0.6 is 0 Å². The van der Waals surface area contributed by atoms with Gasteiger partial charge >= 0.3 is 0 Å². The van der Waals surface area contributed by atoms with Crippen molar-refractivity contribution in [3.8, 4) is 0 Å². The maximum Gasteiger partial charge on any atom is 0.179 e. The van der Waals surface area contributed by atoms with Crippen molar-refractivity contribution in [2.45, 2.75) is 30.3 Å². The zero-order valence-electron chi connectivity index (χ0n) is 15.6. The molecule has 2 atom stereocenters. The molecule has 2 aromatic rings. The van der Waals surface area contributed by atoms with Crippen LogP contribution in [0.15, 0.2) is 59.6 Å². The summed E-state index contributed by atoms with van der Waals surface area (Å²) in [7, 11) is -3.22. The Morgan fingerprint density at radius 2 is 1.78 bits per heavy atom. The third-order valence-electron chi connectivity index (χ3n) is 5.76. The molecule has 27 heavy (non-hydrogen) atoms. The van der Waals surface area contributed by atoms with Gasteiger partial charge in [0.25, 0.3) is 0 Å². The quantitative estimate of drug-likeness (QED) is 0.765. The Morgan fingerprint density at radius 1 is 0.963 bits per heavy atom. The molecular formula is C21H27N3O2S. The summed E-state index contributed by atoms with van der Waals surface area (Å²) < 4.78 is 25.3. The number of benzene rings is 1. The van der Waals surface area contributed by atoms with E-state index in [9.17, 15) is 8.42 Å². The lowest BCUT2D eigenvalue weighted by Crippen LogP contribution is -2.45. The van der Waals surface area contributed by atoms with Crippen molar-refractivity contribution >= 4 is 9.84 Å². The average molecular weight is 386 g/mol. The van der Waals surface area contributed by atoms with Gasteiger partial charge in [0.1, 0.15) is 0 Å². The Balaban J connectivity index is 1.39. The molecule has 2 bridgehead atoms. The number of rotatable bonds is 6. The molecule has 3 aliphatic heterocycles. The fourth-order valence-corrected chi connectivity index (χ4v) is 5.67. The van der Waals surface area contributed by atoms with Crippen LogP contribution in [-0.2, 0) is 16.4 Å². The first-order chi connectivity index (χ1) is 13.1. The molecule has 0 amide bonds. The highest BCUT2D eigenvalue weighted by atomic mass is 32.2. The smallest absolute Gasteiger partial charge is 0.179 e. The maximum atomic E-state index is 12.6. The third kappa shape index (κ3) is 4.57. The molecule has 0 N–H and O–H groups in total. The van der Waals surface area contributed by atoms with Crippen LogP contribution in [0.25, 0.3) is 0 Å². The molecule has 0 radical (unpaired) electrons. The summed E-state index contributed by atoms with van der Waals surface area (Å²) in [4.78, 5) is 9.80. The Morgan fingerprint density at radius 3 is 2.56 bits per heavy atom. The molecule has 0 unspecified atom stereocenters. The zero-order chi connectivity index (χ0) is 18.7. The van der Waals surface area contributed by atoms with Gasteiger partial charge in [0.2, 0.25) is 0 Å². The molecule has 4 heterocycles. The van der Waals surface area contributed by atoms with E-state index in [0.29, 0.717) is 23.4 Å². The fourth-order valence-electron chi connectivity index (χ4n) is 4.38. The molecule has 0 spiro atoms. The largest absolute Gasteiger partial charge is 0.298 e. The zero-order valence-corrected chi connectivity index (χ0v) is 16.4. The summed E-state index contributed by atoms with van der Waals surface area (Å²) in [6.07, 6.45) is 4.25. The van der Waals surface area contributed by atoms with Gasteiger partial charge in [-0.05, 0) is 43.0 Å². The lowest BCUT2D eigenvalue weighted by Gasteiger charge is -2.36. The molecular weight excluding hydrogens is 358 g/mol. The van der Waals surface area contributed by atoms with E-state index in [1.165, 1.54) is 6.42 Å². The third-order valence-corrected chi connectivity index (χ3v) is 7.47. The van der Waals surface area contributed by atoms with Crippen molar-refractivity contribution in [3.05, 3.63) is 60.4 Å². The summed E-state index contributed by atoms with van der Waals surface area (Å²) in [6, 6.07) is 15.3. The summed E-state index contributed by atoms with van der Waals surface area (Å²) in [5, 5.41) is 0. The predicted octanol–water partition coefficient (Wildman–Crippen LogP) is 2.45. The summed E-state index contributed by atoms with van der Waals surface area (Å²) in [5.74, 6) is 0.812. The van der Waals surface area contributed by atoms with E-state index in [1.807, 2.05) is 24.4 Å². The van der Waals surface area contributed by atoms with Crippen LogP contribution in [0.1, 0.15) is 18.5 Å². The number of aromatic nitrogens is 1. The standard InChI is InChI=1S/C21H27N3O2S/c25-27(26,21-7-2-1-3-8-21)13-12-24-15-18-9-10-20(24)17-23(14-18)16-19-6-4-5-11-22-19/h1-8,11,18,20H,9-10,12-17H2/t18-,20+/m0/s1. The second-order valence-corrected chi connectivity index (χ2v) is 9.85. The second-order valence-electron chi connectivity index (χ2n) is 7.74. The first kappa shape index (κ1) is 18.6. The summed E-state index contributed by atoms with van der Waals surface area (Å²) >= 11 is 0. The van der Waals surface area contributed by atoms with E-state index in [-0.39, 0.29) is 5.75 Å². The predicted molar refractivity (Wildman–Crippen MR) is 106 cm³/mol. The van der Waals surface area contributed by atoms with E-state index < -0.39 is 9.84 Å². The van der Waals surface area contributed by atoms with Crippen LogP contribution in [0.3, 0.4) is 0 Å². The van der Waals surface area contributed by atoms with Gasteiger partial charge in [0, 0.05) is 45.0 Å². The molecule has 0 saturated carbocycles. The van der Waals surface area contributed by atoms with E-state index in [2.05, 4.69) is 20.9 Å². The van der Waals surface area contributed by atoms with Crippen molar-refractivity contribution in [2.75, 3.05) is 31.9 Å². The monoisotopic (exact) mass is 385 g/mol. The Kier molecular flexibility index (Phi) is 5.57. The number of pyridine rings is 1. The number of piperidine rings is 1. The number of hydrogen-bond acceptors (Lipinski definition) is 5. The topological polar surface area (TPSA) is 53.5 Å². The maximum absolute atomic E-state index is 12.6. The van der Waals surface area contributed by atoms with Crippen molar-refractivity contribution in [3.63, 3.8) is 0 Å². The highest BCUT2D eigenvalue weighted by Gasteiger charge is 2.35. The molecule has 3 fully saturated rings. The van der Waals surface area contributed by atoms with E-state index in [0.717, 1.165) is 38.3 Å². The minimum Gasteiger partial charge on any atom is -0.298 e. The van der Waals surface area contributed by atoms with Gasteiger partial charge in [0.05, 0.1) is 16.3 Å². The summed E-state index contributed by atoms with van der Waals surface area (Å²) in [6.45, 7) is 4.58. The first-order valence-electron chi connectivity index (χ1n) is 9.74. The highest BCUT2D eigenvalue weighted by Crippen LogP contribution is 2.28. The molecule has 1 aromatic heterocycles. The van der Waals surface area contributed by atoms with Gasteiger partial charge in [-0.3, -0.25) is 14.8 Å². The second kappa shape index (κ2) is 8.09. The van der Waals surface area contributed by atoms with Gasteiger partial charge in [-0.25, -0.2) is 8.42 Å². The van der Waals surface area contributed by atoms with Crippen LogP contribution in [0.2, 0.25) is 0 Å². The summed E-state index contributed by atoms with van der Waals surface area (Å²) in [5.41, 5.74) is 1.11. The van der Waals surface area contributed by atoms with E-state index in [1.54, 1.807) is 24.3 Å². The number of hydrogen-bond donors (Lipinski definition) is 0. The van der Waals surface area contributed by atoms with Crippen molar-refractivity contribution in [2.24, 2.45) is 5.92 Å². The van der Waals surface area contributed by atoms with Gasteiger partial charge in [0.15, 0.2) is 9.84 Å². The van der Waals surface area contributed by atoms with E-state index in [4.69, 9.17) is 0 Å². The highest BCUT2D eigenvalue weighted by molar-refractivity contribution is 7.91. The molecule has 1 aromatic carbocycles. The molecule has 144 valence electrons. The van der Waals surface area contributed by atoms with Crippen LogP contribution in [0.4, 0.5) is 0 Å². The Labute approximate surface area is 161 Å². The Bertz CT molecular complexity index is 842. The van der Waals surface area contributed by atoms with E-state index >= 15 is 0 Å². The molecule has 3 saturated heterocycles. The van der Waals surface area contributed by atoms with Crippen LogP contribution < -0.4 is 0 Å². The number of sulfone groups is 1. The van der Waals surface area contributed by atoms with Crippen LogP contribution in [0.5, 0.6) is 0 Å². The lowest BCUT2D eigenvalue weighted by atomic mass is 9.95. The van der Waals surface area contributed by atoms with Crippen LogP contribution in [-0.4, -0.2) is 61.2 Å². The number of fused-ring (bicyclic) bond motifs is 4. The van der Waals surface area contributed by atoms with Gasteiger partial charge < -0.3 is 0 Å². The molecule has 5 rings (SSSR count). The van der Waals surface area contributed by atoms with Crippen molar-refractivity contribution in [1.29, 1.82) is 0 Å². The molecule has 6 heteroatoms. The average Bonchev–Trinajstić information content (AvgIpc) is 2.98. The number of nitrogens with zero attached hydrogens (tertiary/aromatic N) is 3. The SMILES string of the molecule is O=S(=O)(CCN1C[C@H]2CC[C@@H]1CN(Cc1ccccn1)C2)c1ccccc1. The molecule has 3 aliphatic rings. The Hall–Kier alpha value is -1.76. The minimum atomic E-state index is -3.22. The van der Waals surface area contributed by atoms with Gasteiger partial charge in [-0.2, -0.15) is 0 Å². The first-order valence-corrected chi connectivity index (χ1v) is 11.4. The normalized spacial score (nSPS) is 24.0. The van der Waals surface area contributed by atoms with Crippen molar-refractivity contribution in [1.82, 2.24) is 14.8 Å². The minimum absolute atomic E-state index is 0.195. The molecule has 0 aliphatic carbocycles. The fraction of sp³-hybridized carbons (Fsp3) is 0.476. The van der Waals surface area contributed by atoms with Crippen LogP contribution in [0, 0.1) is 5.92 Å². The molecule has 5 nitrogen and oxygen atoms in total. The van der Waals surface area contributed by atoms with Gasteiger partial charge in [-0.15, -0.1) is 0 Å².